The lowest BCUT2D eigenvalue weighted by molar-refractivity contribution is 0.737. The van der Waals surface area contributed by atoms with Crippen LogP contribution in [0.3, 0.4) is 0 Å². The van der Waals surface area contributed by atoms with Crippen molar-refractivity contribution < 1.29 is 0 Å². The number of hydrogen-bond donors (Lipinski definition) is 0. The van der Waals surface area contributed by atoms with Crippen molar-refractivity contribution in [2.24, 2.45) is 0 Å². The highest BCUT2D eigenvalue weighted by molar-refractivity contribution is 7.73. The van der Waals surface area contributed by atoms with Crippen molar-refractivity contribution in [2.45, 2.75) is 20.4 Å². The second-order valence-corrected chi connectivity index (χ2v) is 3.39. The first-order chi connectivity index (χ1) is 4.25. The molecule has 0 radical (unpaired) electrons. The summed E-state index contributed by atoms with van der Waals surface area (Å²) in [7, 11) is 0. The van der Waals surface area contributed by atoms with Crippen molar-refractivity contribution in [3.8, 4) is 0 Å². The summed E-state index contributed by atoms with van der Waals surface area (Å²) in [6.07, 6.45) is 0. The molecule has 1 rings (SSSR count). The topological polar surface area (TPSA) is 4.93 Å². The minimum Gasteiger partial charge on any atom is -0.328 e. The van der Waals surface area contributed by atoms with Crippen LogP contribution in [0.2, 0.25) is 0 Å². The molecule has 1 aromatic heterocycles. The Labute approximate surface area is 64.0 Å². The van der Waals surface area contributed by atoms with Gasteiger partial charge in [-0.15, -0.1) is 11.3 Å². The van der Waals surface area contributed by atoms with Crippen molar-refractivity contribution >= 4 is 23.6 Å². The van der Waals surface area contributed by atoms with E-state index in [-0.39, 0.29) is 0 Å². The van der Waals surface area contributed by atoms with Crippen LogP contribution in [0.1, 0.15) is 12.6 Å². The Hall–Kier alpha value is -0.150. The van der Waals surface area contributed by atoms with E-state index in [9.17, 15) is 0 Å². The quantitative estimate of drug-likeness (QED) is 0.570. The molecule has 0 aliphatic rings. The molecule has 0 aliphatic heterocycles. The molecule has 0 amide bonds. The van der Waals surface area contributed by atoms with E-state index in [2.05, 4.69) is 23.8 Å². The van der Waals surface area contributed by atoms with Crippen LogP contribution in [0, 0.1) is 10.9 Å². The molecule has 0 aromatic carbocycles. The van der Waals surface area contributed by atoms with Crippen molar-refractivity contribution in [3.63, 3.8) is 0 Å². The monoisotopic (exact) mass is 159 g/mol. The second-order valence-electron chi connectivity index (χ2n) is 1.89. The van der Waals surface area contributed by atoms with E-state index in [1.165, 1.54) is 5.69 Å². The van der Waals surface area contributed by atoms with Crippen LogP contribution in [-0.4, -0.2) is 4.57 Å². The Bertz CT molecular complexity index is 246. The van der Waals surface area contributed by atoms with Gasteiger partial charge in [-0.25, -0.2) is 0 Å². The van der Waals surface area contributed by atoms with E-state index in [0.717, 1.165) is 10.5 Å². The van der Waals surface area contributed by atoms with Crippen LogP contribution < -0.4 is 0 Å². The molecule has 0 saturated carbocycles. The lowest BCUT2D eigenvalue weighted by atomic mass is 10.5. The molecular weight excluding hydrogens is 150 g/mol. The smallest absolute Gasteiger partial charge is 0.161 e. The fourth-order valence-electron chi connectivity index (χ4n) is 0.785. The average Bonchev–Trinajstić information content (AvgIpc) is 2.12. The minimum absolute atomic E-state index is 0.981. The van der Waals surface area contributed by atoms with Gasteiger partial charge in [-0.05, 0) is 26.1 Å². The second kappa shape index (κ2) is 2.62. The predicted octanol–water partition coefficient (Wildman–Crippen LogP) is 2.61. The van der Waals surface area contributed by atoms with Gasteiger partial charge in [-0.2, -0.15) is 0 Å². The van der Waals surface area contributed by atoms with E-state index in [0.29, 0.717) is 0 Å². The third kappa shape index (κ3) is 1.22. The maximum atomic E-state index is 5.05. The zero-order valence-electron chi connectivity index (χ0n) is 5.55. The van der Waals surface area contributed by atoms with Crippen LogP contribution in [0.4, 0.5) is 0 Å². The molecule has 3 heteroatoms. The third-order valence-electron chi connectivity index (χ3n) is 1.29. The van der Waals surface area contributed by atoms with Gasteiger partial charge in [0.1, 0.15) is 0 Å². The van der Waals surface area contributed by atoms with Gasteiger partial charge in [0.05, 0.1) is 0 Å². The first-order valence-corrected chi connectivity index (χ1v) is 4.19. The standard InChI is InChI=1S/C6H9NS2/c1-3-7-5(2)4-9-6(7)8/h4H,3H2,1-2H3. The van der Waals surface area contributed by atoms with Crippen molar-refractivity contribution in [2.75, 3.05) is 0 Å². The van der Waals surface area contributed by atoms with Crippen molar-refractivity contribution in [1.29, 1.82) is 0 Å². The Morgan fingerprint density at radius 3 is 2.67 bits per heavy atom. The number of thiazole rings is 1. The highest BCUT2D eigenvalue weighted by Crippen LogP contribution is 2.08. The molecule has 1 aromatic rings. The Morgan fingerprint density at radius 2 is 2.44 bits per heavy atom. The maximum Gasteiger partial charge on any atom is 0.161 e. The summed E-state index contributed by atoms with van der Waals surface area (Å²) in [6.45, 7) is 5.18. The van der Waals surface area contributed by atoms with Gasteiger partial charge in [0, 0.05) is 17.6 Å². The first kappa shape index (κ1) is 6.96. The normalized spacial score (nSPS) is 10.0. The highest BCUT2D eigenvalue weighted by atomic mass is 32.1. The lowest BCUT2D eigenvalue weighted by Gasteiger charge is -1.96. The largest absolute Gasteiger partial charge is 0.328 e. The Morgan fingerprint density at radius 1 is 1.78 bits per heavy atom. The molecule has 50 valence electrons. The minimum atomic E-state index is 0.981. The van der Waals surface area contributed by atoms with E-state index in [4.69, 9.17) is 12.2 Å². The molecule has 0 aliphatic carbocycles. The molecule has 9 heavy (non-hydrogen) atoms. The van der Waals surface area contributed by atoms with Crippen LogP contribution in [0.15, 0.2) is 5.38 Å². The number of nitrogens with zero attached hydrogens (tertiary/aromatic N) is 1. The van der Waals surface area contributed by atoms with E-state index >= 15 is 0 Å². The third-order valence-corrected chi connectivity index (χ3v) is 2.68. The molecular formula is C6H9NS2. The Kier molecular flexibility index (Phi) is 2.03. The number of rotatable bonds is 1. The fourth-order valence-corrected chi connectivity index (χ4v) is 2.00. The lowest BCUT2D eigenvalue weighted by Crippen LogP contribution is -1.94. The zero-order valence-corrected chi connectivity index (χ0v) is 7.18. The summed E-state index contributed by atoms with van der Waals surface area (Å²) in [5.74, 6) is 0. The summed E-state index contributed by atoms with van der Waals surface area (Å²) in [5.41, 5.74) is 1.27. The molecule has 0 bridgehead atoms. The summed E-state index contributed by atoms with van der Waals surface area (Å²) >= 11 is 6.69. The average molecular weight is 159 g/mol. The summed E-state index contributed by atoms with van der Waals surface area (Å²) in [5, 5.41) is 2.09. The summed E-state index contributed by atoms with van der Waals surface area (Å²) in [4.78, 5) is 0. The molecule has 0 N–H and O–H groups in total. The van der Waals surface area contributed by atoms with E-state index in [1.807, 2.05) is 0 Å². The predicted molar refractivity (Wildman–Crippen MR) is 43.6 cm³/mol. The van der Waals surface area contributed by atoms with Crippen LogP contribution in [-0.2, 0) is 6.54 Å². The Balaban J connectivity index is 3.23. The van der Waals surface area contributed by atoms with Crippen LogP contribution >= 0.6 is 23.6 Å². The molecule has 1 heterocycles. The SMILES string of the molecule is CCn1c(C)csc1=S. The molecule has 1 nitrogen and oxygen atoms in total. The molecule has 0 unspecified atom stereocenters. The van der Waals surface area contributed by atoms with Gasteiger partial charge < -0.3 is 4.57 Å². The van der Waals surface area contributed by atoms with Crippen molar-refractivity contribution in [3.05, 3.63) is 15.0 Å². The molecule has 0 atom stereocenters. The maximum absolute atomic E-state index is 5.05. The molecule has 0 saturated heterocycles. The fraction of sp³-hybridized carbons (Fsp3) is 0.500. The zero-order chi connectivity index (χ0) is 6.85. The van der Waals surface area contributed by atoms with Crippen molar-refractivity contribution in [1.82, 2.24) is 4.57 Å². The molecule has 0 fully saturated rings. The van der Waals surface area contributed by atoms with E-state index < -0.39 is 0 Å². The van der Waals surface area contributed by atoms with Gasteiger partial charge >= 0.3 is 0 Å². The van der Waals surface area contributed by atoms with Gasteiger partial charge in [0.25, 0.3) is 0 Å². The van der Waals surface area contributed by atoms with Gasteiger partial charge in [0.15, 0.2) is 3.95 Å². The van der Waals surface area contributed by atoms with Crippen LogP contribution in [0.25, 0.3) is 0 Å². The van der Waals surface area contributed by atoms with Gasteiger partial charge in [-0.1, -0.05) is 0 Å². The summed E-state index contributed by atoms with van der Waals surface area (Å²) < 4.78 is 3.11. The molecule has 0 spiro atoms. The first-order valence-electron chi connectivity index (χ1n) is 2.90. The highest BCUT2D eigenvalue weighted by Gasteiger charge is 1.93. The van der Waals surface area contributed by atoms with E-state index in [1.54, 1.807) is 11.3 Å². The van der Waals surface area contributed by atoms with Crippen LogP contribution in [0.5, 0.6) is 0 Å². The summed E-state index contributed by atoms with van der Waals surface area (Å²) in [6, 6.07) is 0. The number of aromatic nitrogens is 1. The number of aryl methyl sites for hydroxylation is 1. The number of hydrogen-bond acceptors (Lipinski definition) is 2. The van der Waals surface area contributed by atoms with Gasteiger partial charge in [-0.3, -0.25) is 0 Å². The van der Waals surface area contributed by atoms with Gasteiger partial charge in [0.2, 0.25) is 0 Å².